The van der Waals surface area contributed by atoms with Crippen LogP contribution in [0.5, 0.6) is 5.75 Å². The van der Waals surface area contributed by atoms with Crippen molar-refractivity contribution in [1.29, 1.82) is 0 Å². The van der Waals surface area contributed by atoms with Crippen LogP contribution in [0.1, 0.15) is 5.56 Å². The van der Waals surface area contributed by atoms with Gasteiger partial charge in [0.05, 0.1) is 19.3 Å². The second-order valence-electron chi connectivity index (χ2n) is 4.74. The van der Waals surface area contributed by atoms with Gasteiger partial charge in [0.1, 0.15) is 11.4 Å². The summed E-state index contributed by atoms with van der Waals surface area (Å²) in [4.78, 5) is 0. The summed E-state index contributed by atoms with van der Waals surface area (Å²) >= 11 is 3.44. The van der Waals surface area contributed by atoms with Gasteiger partial charge in [-0.05, 0) is 24.3 Å². The molecule has 0 amide bonds. The van der Waals surface area contributed by atoms with E-state index in [-0.39, 0.29) is 6.61 Å². The Morgan fingerprint density at radius 2 is 1.91 bits per heavy atom. The zero-order valence-corrected chi connectivity index (χ0v) is 13.5. The molecule has 0 unspecified atom stereocenters. The van der Waals surface area contributed by atoms with E-state index in [1.54, 1.807) is 7.11 Å². The van der Waals surface area contributed by atoms with Crippen molar-refractivity contribution in [2.24, 2.45) is 0 Å². The second kappa shape index (κ2) is 6.34. The highest BCUT2D eigenvalue weighted by molar-refractivity contribution is 9.10. The normalized spacial score (nSPS) is 10.7. The summed E-state index contributed by atoms with van der Waals surface area (Å²) in [5.41, 5.74) is 2.98. The van der Waals surface area contributed by atoms with Crippen molar-refractivity contribution in [3.63, 3.8) is 0 Å². The molecule has 2 aromatic carbocycles. The van der Waals surface area contributed by atoms with E-state index < -0.39 is 0 Å². The lowest BCUT2D eigenvalue weighted by atomic mass is 10.0. The lowest BCUT2D eigenvalue weighted by Crippen LogP contribution is -1.90. The van der Waals surface area contributed by atoms with Crippen LogP contribution in [-0.2, 0) is 6.61 Å². The Balaban J connectivity index is 2.11. The van der Waals surface area contributed by atoms with E-state index in [1.165, 1.54) is 0 Å². The predicted octanol–water partition coefficient (Wildman–Crippen LogP) is 4.27. The van der Waals surface area contributed by atoms with E-state index in [2.05, 4.69) is 21.1 Å². The average Bonchev–Trinajstić information content (AvgIpc) is 2.99. The van der Waals surface area contributed by atoms with Crippen molar-refractivity contribution in [2.75, 3.05) is 7.11 Å². The third kappa shape index (κ3) is 2.77. The SMILES string of the molecule is COc1cccc(-c2noc(-c3cccc(Br)c3)c2CO)c1. The van der Waals surface area contributed by atoms with Crippen LogP contribution in [0.25, 0.3) is 22.6 Å². The number of aliphatic hydroxyl groups is 1. The summed E-state index contributed by atoms with van der Waals surface area (Å²) in [5.74, 6) is 1.30. The maximum atomic E-state index is 9.76. The highest BCUT2D eigenvalue weighted by atomic mass is 79.9. The maximum absolute atomic E-state index is 9.76. The van der Waals surface area contributed by atoms with Crippen molar-refractivity contribution >= 4 is 15.9 Å². The Morgan fingerprint density at radius 1 is 1.14 bits per heavy atom. The lowest BCUT2D eigenvalue weighted by Gasteiger charge is -2.04. The number of hydrogen-bond donors (Lipinski definition) is 1. The molecule has 4 nitrogen and oxygen atoms in total. The lowest BCUT2D eigenvalue weighted by molar-refractivity contribution is 0.281. The first kappa shape index (κ1) is 14.8. The molecule has 0 saturated carbocycles. The molecule has 0 spiro atoms. The number of methoxy groups -OCH3 is 1. The first-order valence-electron chi connectivity index (χ1n) is 6.72. The zero-order valence-electron chi connectivity index (χ0n) is 11.9. The van der Waals surface area contributed by atoms with E-state index in [0.29, 0.717) is 17.0 Å². The quantitative estimate of drug-likeness (QED) is 0.755. The summed E-state index contributed by atoms with van der Waals surface area (Å²) in [6.07, 6.45) is 0. The molecule has 0 atom stereocenters. The molecule has 22 heavy (non-hydrogen) atoms. The minimum absolute atomic E-state index is 0.155. The molecule has 0 bridgehead atoms. The fraction of sp³-hybridized carbons (Fsp3) is 0.118. The Morgan fingerprint density at radius 3 is 2.64 bits per heavy atom. The van der Waals surface area contributed by atoms with Crippen LogP contribution in [0.15, 0.2) is 57.5 Å². The zero-order chi connectivity index (χ0) is 15.5. The third-order valence-corrected chi connectivity index (χ3v) is 3.87. The van der Waals surface area contributed by atoms with Crippen LogP contribution < -0.4 is 4.74 Å². The van der Waals surface area contributed by atoms with E-state index in [1.807, 2.05) is 48.5 Å². The summed E-state index contributed by atoms with van der Waals surface area (Å²) in [6, 6.07) is 15.2. The molecule has 0 aliphatic heterocycles. The fourth-order valence-electron chi connectivity index (χ4n) is 2.31. The topological polar surface area (TPSA) is 55.5 Å². The molecule has 112 valence electrons. The van der Waals surface area contributed by atoms with Gasteiger partial charge in [-0.2, -0.15) is 0 Å². The Kier molecular flexibility index (Phi) is 4.27. The summed E-state index contributed by atoms with van der Waals surface area (Å²) in [5, 5.41) is 13.9. The van der Waals surface area contributed by atoms with E-state index in [4.69, 9.17) is 9.26 Å². The van der Waals surface area contributed by atoms with Crippen LogP contribution in [0, 0.1) is 0 Å². The number of hydrogen-bond acceptors (Lipinski definition) is 4. The van der Waals surface area contributed by atoms with Crippen molar-refractivity contribution < 1.29 is 14.4 Å². The van der Waals surface area contributed by atoms with E-state index in [9.17, 15) is 5.11 Å². The highest BCUT2D eigenvalue weighted by Crippen LogP contribution is 2.34. The second-order valence-corrected chi connectivity index (χ2v) is 5.65. The molecule has 1 heterocycles. The van der Waals surface area contributed by atoms with Gasteiger partial charge < -0.3 is 14.4 Å². The fourth-order valence-corrected chi connectivity index (χ4v) is 2.71. The number of benzene rings is 2. The van der Waals surface area contributed by atoms with Gasteiger partial charge in [-0.25, -0.2) is 0 Å². The molecule has 0 saturated heterocycles. The van der Waals surface area contributed by atoms with Gasteiger partial charge in [0.25, 0.3) is 0 Å². The molecule has 3 rings (SSSR count). The minimum atomic E-state index is -0.155. The van der Waals surface area contributed by atoms with E-state index in [0.717, 1.165) is 21.3 Å². The van der Waals surface area contributed by atoms with Crippen LogP contribution >= 0.6 is 15.9 Å². The van der Waals surface area contributed by atoms with Gasteiger partial charge in [-0.1, -0.05) is 45.4 Å². The van der Waals surface area contributed by atoms with Crippen molar-refractivity contribution in [3.8, 4) is 28.3 Å². The number of ether oxygens (including phenoxy) is 1. The summed E-state index contributed by atoms with van der Waals surface area (Å²) in [6.45, 7) is -0.155. The number of nitrogens with zero attached hydrogens (tertiary/aromatic N) is 1. The van der Waals surface area contributed by atoms with Crippen molar-refractivity contribution in [2.45, 2.75) is 6.61 Å². The smallest absolute Gasteiger partial charge is 0.173 e. The Hall–Kier alpha value is -2.11. The molecule has 0 aliphatic carbocycles. The number of rotatable bonds is 4. The van der Waals surface area contributed by atoms with Gasteiger partial charge in [-0.15, -0.1) is 0 Å². The Labute approximate surface area is 136 Å². The van der Waals surface area contributed by atoms with Crippen LogP contribution in [0.2, 0.25) is 0 Å². The van der Waals surface area contributed by atoms with Gasteiger partial charge in [0.2, 0.25) is 0 Å². The van der Waals surface area contributed by atoms with Crippen LogP contribution in [-0.4, -0.2) is 17.4 Å². The van der Waals surface area contributed by atoms with Gasteiger partial charge in [0, 0.05) is 15.6 Å². The van der Waals surface area contributed by atoms with Crippen LogP contribution in [0.4, 0.5) is 0 Å². The van der Waals surface area contributed by atoms with Crippen molar-refractivity contribution in [3.05, 3.63) is 58.6 Å². The number of aromatic nitrogens is 1. The largest absolute Gasteiger partial charge is 0.497 e. The van der Waals surface area contributed by atoms with Crippen molar-refractivity contribution in [1.82, 2.24) is 5.16 Å². The van der Waals surface area contributed by atoms with Crippen LogP contribution in [0.3, 0.4) is 0 Å². The van der Waals surface area contributed by atoms with E-state index >= 15 is 0 Å². The summed E-state index contributed by atoms with van der Waals surface area (Å²) in [7, 11) is 1.61. The molecule has 1 aromatic heterocycles. The highest BCUT2D eigenvalue weighted by Gasteiger charge is 2.18. The predicted molar refractivity (Wildman–Crippen MR) is 87.5 cm³/mol. The molecule has 5 heteroatoms. The maximum Gasteiger partial charge on any atom is 0.173 e. The molecule has 3 aromatic rings. The monoisotopic (exact) mass is 359 g/mol. The first-order valence-corrected chi connectivity index (χ1v) is 7.52. The molecule has 0 aliphatic rings. The number of halogens is 1. The van der Waals surface area contributed by atoms with Gasteiger partial charge in [0.15, 0.2) is 5.76 Å². The molecular weight excluding hydrogens is 346 g/mol. The van der Waals surface area contributed by atoms with Gasteiger partial charge >= 0.3 is 0 Å². The Bertz CT molecular complexity index is 798. The molecule has 0 fully saturated rings. The molecule has 1 N–H and O–H groups in total. The minimum Gasteiger partial charge on any atom is -0.497 e. The number of aliphatic hydroxyl groups excluding tert-OH is 1. The standard InChI is InChI=1S/C17H14BrNO3/c1-21-14-7-3-4-11(9-14)16-15(10-20)17(22-19-16)12-5-2-6-13(18)8-12/h2-9,20H,10H2,1H3. The molecule has 0 radical (unpaired) electrons. The summed E-state index contributed by atoms with van der Waals surface area (Å²) < 4.78 is 11.7. The average molecular weight is 360 g/mol. The third-order valence-electron chi connectivity index (χ3n) is 3.38. The molecular formula is C17H14BrNO3. The van der Waals surface area contributed by atoms with Gasteiger partial charge in [-0.3, -0.25) is 0 Å². The first-order chi connectivity index (χ1) is 10.7.